The van der Waals surface area contributed by atoms with Gasteiger partial charge in [-0.3, -0.25) is 4.90 Å². The second-order valence-corrected chi connectivity index (χ2v) is 7.66. The maximum atomic E-state index is 12.7. The molecule has 0 atom stereocenters. The maximum Gasteiger partial charge on any atom is 0.339 e. The van der Waals surface area contributed by atoms with Gasteiger partial charge in [-0.25, -0.2) is 19.6 Å². The highest BCUT2D eigenvalue weighted by molar-refractivity contribution is 6.31. The fraction of sp³-hybridized carbons (Fsp3) is 0.333. The van der Waals surface area contributed by atoms with Gasteiger partial charge < -0.3 is 19.5 Å². The van der Waals surface area contributed by atoms with Gasteiger partial charge in [-0.15, -0.1) is 0 Å². The number of piperazine rings is 1. The Hall–Kier alpha value is -3.17. The van der Waals surface area contributed by atoms with E-state index < -0.39 is 5.97 Å². The normalized spacial score (nSPS) is 14.6. The molecule has 9 nitrogen and oxygen atoms in total. The number of methoxy groups -OCH3 is 1. The van der Waals surface area contributed by atoms with Crippen molar-refractivity contribution < 1.29 is 14.3 Å². The lowest BCUT2D eigenvalue weighted by molar-refractivity contribution is 0.0602. The van der Waals surface area contributed by atoms with Gasteiger partial charge in [0.1, 0.15) is 5.52 Å². The summed E-state index contributed by atoms with van der Waals surface area (Å²) in [6.07, 6.45) is 3.58. The Bertz CT molecular complexity index is 1090. The van der Waals surface area contributed by atoms with Crippen LogP contribution in [0, 0.1) is 0 Å². The summed E-state index contributed by atoms with van der Waals surface area (Å²) in [4.78, 5) is 37.5. The number of amides is 2. The average Bonchev–Trinajstić information content (AvgIpc) is 3.21. The Kier molecular flexibility index (Phi) is 6.34. The quantitative estimate of drug-likeness (QED) is 0.611. The van der Waals surface area contributed by atoms with Crippen molar-refractivity contribution in [2.45, 2.75) is 6.54 Å². The number of urea groups is 1. The van der Waals surface area contributed by atoms with E-state index in [4.69, 9.17) is 16.3 Å². The molecule has 0 spiro atoms. The Labute approximate surface area is 184 Å². The van der Waals surface area contributed by atoms with E-state index in [1.165, 1.54) is 13.2 Å². The summed E-state index contributed by atoms with van der Waals surface area (Å²) >= 11 is 6.03. The third-order valence-electron chi connectivity index (χ3n) is 5.32. The number of nitrogens with one attached hydrogen (secondary N) is 1. The molecule has 3 aromatic rings. The number of carbonyl (C=O) groups excluding carboxylic acids is 2. The summed E-state index contributed by atoms with van der Waals surface area (Å²) in [6, 6.07) is 8.23. The Morgan fingerprint density at radius 1 is 1.13 bits per heavy atom. The highest BCUT2D eigenvalue weighted by Gasteiger charge is 2.23. The summed E-state index contributed by atoms with van der Waals surface area (Å²) < 4.78 is 6.82. The molecule has 10 heteroatoms. The van der Waals surface area contributed by atoms with Gasteiger partial charge in [-0.05, 0) is 30.3 Å². The minimum absolute atomic E-state index is 0.264. The minimum Gasteiger partial charge on any atom is -0.465 e. The van der Waals surface area contributed by atoms with Gasteiger partial charge in [0.15, 0.2) is 5.65 Å². The first kappa shape index (κ1) is 21.1. The first-order valence-electron chi connectivity index (χ1n) is 9.97. The molecular formula is C21H23ClN6O3. The van der Waals surface area contributed by atoms with Crippen LogP contribution >= 0.6 is 11.6 Å². The predicted octanol–water partition coefficient (Wildman–Crippen LogP) is 2.72. The van der Waals surface area contributed by atoms with Crippen molar-refractivity contribution in [3.8, 4) is 0 Å². The van der Waals surface area contributed by atoms with Crippen LogP contribution in [0.4, 0.5) is 10.5 Å². The molecular weight excluding hydrogens is 420 g/mol. The second kappa shape index (κ2) is 9.32. The number of nitrogens with zero attached hydrogens (tertiary/aromatic N) is 5. The first-order chi connectivity index (χ1) is 15.0. The van der Waals surface area contributed by atoms with Crippen LogP contribution in [-0.4, -0.2) is 76.2 Å². The van der Waals surface area contributed by atoms with Gasteiger partial charge in [-0.2, -0.15) is 0 Å². The molecule has 2 amide bonds. The van der Waals surface area contributed by atoms with E-state index in [0.717, 1.165) is 37.3 Å². The number of benzene rings is 1. The second-order valence-electron chi connectivity index (χ2n) is 7.22. The zero-order chi connectivity index (χ0) is 21.8. The lowest BCUT2D eigenvalue weighted by Gasteiger charge is -2.34. The summed E-state index contributed by atoms with van der Waals surface area (Å²) in [7, 11) is 1.30. The molecule has 4 rings (SSSR count). The van der Waals surface area contributed by atoms with Crippen LogP contribution in [0.3, 0.4) is 0 Å². The molecule has 1 N–H and O–H groups in total. The minimum atomic E-state index is -0.529. The van der Waals surface area contributed by atoms with Crippen LogP contribution < -0.4 is 5.32 Å². The molecule has 2 aromatic heterocycles. The van der Waals surface area contributed by atoms with Crippen LogP contribution in [0.5, 0.6) is 0 Å². The van der Waals surface area contributed by atoms with Crippen molar-refractivity contribution in [1.82, 2.24) is 24.3 Å². The molecule has 0 radical (unpaired) electrons. The highest BCUT2D eigenvalue weighted by Crippen LogP contribution is 2.22. The number of anilines is 1. The number of imidazole rings is 1. The standard InChI is InChI=1S/C21H23ClN6O3/c1-31-20(29)16-5-4-15(22)13-18(16)25-21(30)27-10-7-26(8-11-27)9-12-28-14-24-17-3-2-6-23-19(17)28/h2-6,13-14H,7-12H2,1H3,(H,25,30). The van der Waals surface area contributed by atoms with Gasteiger partial charge >= 0.3 is 12.0 Å². The highest BCUT2D eigenvalue weighted by atomic mass is 35.5. The van der Waals surface area contributed by atoms with Crippen LogP contribution in [0.15, 0.2) is 42.9 Å². The smallest absolute Gasteiger partial charge is 0.339 e. The van der Waals surface area contributed by atoms with Crippen molar-refractivity contribution >= 4 is 40.5 Å². The Morgan fingerprint density at radius 3 is 2.71 bits per heavy atom. The number of hydrogen-bond donors (Lipinski definition) is 1. The molecule has 0 bridgehead atoms. The van der Waals surface area contributed by atoms with E-state index in [1.54, 1.807) is 23.2 Å². The monoisotopic (exact) mass is 442 g/mol. The van der Waals surface area contributed by atoms with E-state index in [-0.39, 0.29) is 11.6 Å². The largest absolute Gasteiger partial charge is 0.465 e. The van der Waals surface area contributed by atoms with Crippen LogP contribution in [0.1, 0.15) is 10.4 Å². The summed E-state index contributed by atoms with van der Waals surface area (Å²) in [5.74, 6) is -0.529. The number of ether oxygens (including phenoxy) is 1. The SMILES string of the molecule is COC(=O)c1ccc(Cl)cc1NC(=O)N1CCN(CCn2cnc3cccnc32)CC1. The van der Waals surface area contributed by atoms with Crippen molar-refractivity contribution in [3.05, 3.63) is 53.4 Å². The number of rotatable bonds is 5. The zero-order valence-corrected chi connectivity index (χ0v) is 17.9. The fourth-order valence-corrected chi connectivity index (χ4v) is 3.76. The predicted molar refractivity (Wildman–Crippen MR) is 117 cm³/mol. The first-order valence-corrected chi connectivity index (χ1v) is 10.3. The topological polar surface area (TPSA) is 92.6 Å². The number of pyridine rings is 1. The van der Waals surface area contributed by atoms with Gasteiger partial charge in [0.2, 0.25) is 0 Å². The maximum absolute atomic E-state index is 12.7. The van der Waals surface area contributed by atoms with E-state index >= 15 is 0 Å². The van der Waals surface area contributed by atoms with E-state index in [0.29, 0.717) is 23.8 Å². The van der Waals surface area contributed by atoms with Crippen LogP contribution in [0.2, 0.25) is 5.02 Å². The molecule has 31 heavy (non-hydrogen) atoms. The molecule has 1 aromatic carbocycles. The number of fused-ring (bicyclic) bond motifs is 1. The summed E-state index contributed by atoms with van der Waals surface area (Å²) in [5, 5.41) is 3.21. The van der Waals surface area contributed by atoms with Gasteiger partial charge in [0, 0.05) is 50.5 Å². The van der Waals surface area contributed by atoms with Gasteiger partial charge in [0.25, 0.3) is 0 Å². The van der Waals surface area contributed by atoms with Gasteiger partial charge in [-0.1, -0.05) is 11.6 Å². The Balaban J connectivity index is 1.31. The van der Waals surface area contributed by atoms with Crippen molar-refractivity contribution in [2.24, 2.45) is 0 Å². The number of hydrogen-bond acceptors (Lipinski definition) is 6. The zero-order valence-electron chi connectivity index (χ0n) is 17.1. The van der Waals surface area contributed by atoms with Crippen LogP contribution in [0.25, 0.3) is 11.2 Å². The number of halogens is 1. The molecule has 3 heterocycles. The number of aromatic nitrogens is 3. The summed E-state index contributed by atoms with van der Waals surface area (Å²) in [5.41, 5.74) is 2.37. The van der Waals surface area contributed by atoms with E-state index in [9.17, 15) is 9.59 Å². The number of carbonyl (C=O) groups is 2. The average molecular weight is 443 g/mol. The summed E-state index contributed by atoms with van der Waals surface area (Å²) in [6.45, 7) is 4.31. The molecule has 0 unspecified atom stereocenters. The molecule has 0 aliphatic carbocycles. The van der Waals surface area contributed by atoms with Crippen molar-refractivity contribution in [2.75, 3.05) is 45.2 Å². The molecule has 1 aliphatic rings. The Morgan fingerprint density at radius 2 is 1.94 bits per heavy atom. The number of esters is 1. The molecule has 1 fully saturated rings. The van der Waals surface area contributed by atoms with E-state index in [1.807, 2.05) is 23.0 Å². The molecule has 1 aliphatic heterocycles. The fourth-order valence-electron chi connectivity index (χ4n) is 3.59. The van der Waals surface area contributed by atoms with Crippen LogP contribution in [-0.2, 0) is 11.3 Å². The van der Waals surface area contributed by atoms with Crippen molar-refractivity contribution in [3.63, 3.8) is 0 Å². The lowest BCUT2D eigenvalue weighted by Crippen LogP contribution is -2.50. The van der Waals surface area contributed by atoms with Gasteiger partial charge in [0.05, 0.1) is 24.7 Å². The van der Waals surface area contributed by atoms with E-state index in [2.05, 4.69) is 20.2 Å². The molecule has 162 valence electrons. The lowest BCUT2D eigenvalue weighted by atomic mass is 10.2. The third kappa shape index (κ3) is 4.78. The molecule has 0 saturated carbocycles. The molecule has 1 saturated heterocycles. The third-order valence-corrected chi connectivity index (χ3v) is 5.55. The van der Waals surface area contributed by atoms with Crippen molar-refractivity contribution in [1.29, 1.82) is 0 Å².